The van der Waals surface area contributed by atoms with E-state index in [9.17, 15) is 4.79 Å². The molecule has 0 saturated carbocycles. The fourth-order valence-electron chi connectivity index (χ4n) is 1.05. The Kier molecular flexibility index (Phi) is 16.6. The van der Waals surface area contributed by atoms with Gasteiger partial charge in [0.15, 0.2) is 0 Å². The highest BCUT2D eigenvalue weighted by Crippen LogP contribution is 2.18. The summed E-state index contributed by atoms with van der Waals surface area (Å²) in [4.78, 5) is 13.5. The van der Waals surface area contributed by atoms with Crippen LogP contribution in [0.3, 0.4) is 0 Å². The summed E-state index contributed by atoms with van der Waals surface area (Å²) in [5, 5.41) is 0. The highest BCUT2D eigenvalue weighted by molar-refractivity contribution is 5.82. The van der Waals surface area contributed by atoms with Gasteiger partial charge in [-0.3, -0.25) is 4.79 Å². The van der Waals surface area contributed by atoms with Crippen LogP contribution in [0.2, 0.25) is 0 Å². The Labute approximate surface area is 132 Å². The van der Waals surface area contributed by atoms with Gasteiger partial charge < -0.3 is 15.4 Å². The van der Waals surface area contributed by atoms with Crippen LogP contribution in [0.15, 0.2) is 11.8 Å². The topological polar surface area (TPSA) is 55.6 Å². The Morgan fingerprint density at radius 3 is 1.95 bits per heavy atom. The van der Waals surface area contributed by atoms with Gasteiger partial charge in [0.25, 0.3) is 0 Å². The van der Waals surface area contributed by atoms with E-state index in [-0.39, 0.29) is 11.3 Å². The van der Waals surface area contributed by atoms with Crippen LogP contribution in [-0.2, 0) is 9.53 Å². The summed E-state index contributed by atoms with van der Waals surface area (Å²) in [6.45, 7) is 16.5. The molecule has 0 aliphatic carbocycles. The maximum Gasteiger partial charge on any atom is 0.240 e. The predicted octanol–water partition coefficient (Wildman–Crippen LogP) is 3.81. The Hall–Kier alpha value is -1.03. The fraction of sp³-hybridized carbons (Fsp3) is 0.824. The number of methoxy groups -OCH3 is 1. The molecule has 0 fully saturated rings. The number of nitrogens with two attached hydrogens (primary N) is 1. The molecule has 0 aliphatic rings. The van der Waals surface area contributed by atoms with Crippen molar-refractivity contribution in [3.8, 4) is 0 Å². The largest absolute Gasteiger partial charge is 0.502 e. The van der Waals surface area contributed by atoms with E-state index in [1.165, 1.54) is 6.42 Å². The van der Waals surface area contributed by atoms with Crippen LogP contribution >= 0.6 is 0 Å². The molecule has 0 aromatic heterocycles. The zero-order valence-electron chi connectivity index (χ0n) is 15.9. The smallest absolute Gasteiger partial charge is 0.240 e. The molecule has 0 heterocycles. The molecule has 1 unspecified atom stereocenters. The normalized spacial score (nSPS) is 12.2. The van der Waals surface area contributed by atoms with Gasteiger partial charge in [-0.1, -0.05) is 54.9 Å². The van der Waals surface area contributed by atoms with E-state index in [0.717, 1.165) is 5.76 Å². The van der Waals surface area contributed by atoms with Crippen molar-refractivity contribution in [2.75, 3.05) is 20.7 Å². The van der Waals surface area contributed by atoms with Crippen LogP contribution in [0.5, 0.6) is 0 Å². The molecule has 0 bridgehead atoms. The van der Waals surface area contributed by atoms with E-state index in [2.05, 4.69) is 13.8 Å². The lowest BCUT2D eigenvalue weighted by atomic mass is 9.86. The number of rotatable bonds is 4. The van der Waals surface area contributed by atoms with Crippen molar-refractivity contribution in [2.24, 2.45) is 11.1 Å². The van der Waals surface area contributed by atoms with Gasteiger partial charge in [0, 0.05) is 13.6 Å². The standard InChI is InChI=1S/C12H24N2O2.C3H8.C2H6/c1-9(16-6)7-8-14(5)11(15)10(13)12(2,3)4;1-3-2;1-2/h7,10H,8,13H2,1-6H3;3H2,1-2H3;1-2H3/b9-7+;;. The van der Waals surface area contributed by atoms with E-state index < -0.39 is 6.04 Å². The van der Waals surface area contributed by atoms with Crippen molar-refractivity contribution in [3.05, 3.63) is 11.8 Å². The lowest BCUT2D eigenvalue weighted by molar-refractivity contribution is -0.133. The first-order valence-electron chi connectivity index (χ1n) is 7.83. The molecule has 21 heavy (non-hydrogen) atoms. The third-order valence-corrected chi connectivity index (χ3v) is 2.55. The number of allylic oxidation sites excluding steroid dienone is 1. The lowest BCUT2D eigenvalue weighted by Gasteiger charge is -2.29. The van der Waals surface area contributed by atoms with Gasteiger partial charge in [0.05, 0.1) is 18.9 Å². The number of ether oxygens (including phenoxy) is 1. The third kappa shape index (κ3) is 13.7. The molecule has 0 saturated heterocycles. The molecular formula is C17H38N2O2. The number of carbonyl (C=O) groups is 1. The minimum absolute atomic E-state index is 0.0485. The van der Waals surface area contributed by atoms with Gasteiger partial charge in [0.1, 0.15) is 0 Å². The van der Waals surface area contributed by atoms with Gasteiger partial charge in [0.2, 0.25) is 5.91 Å². The lowest BCUT2D eigenvalue weighted by Crippen LogP contribution is -2.49. The molecule has 0 spiro atoms. The van der Waals surface area contributed by atoms with Crippen molar-refractivity contribution in [2.45, 2.75) is 67.9 Å². The van der Waals surface area contributed by atoms with Crippen molar-refractivity contribution in [1.82, 2.24) is 4.90 Å². The van der Waals surface area contributed by atoms with E-state index in [1.807, 2.05) is 47.6 Å². The minimum atomic E-state index is -0.478. The summed E-state index contributed by atoms with van der Waals surface area (Å²) in [5.74, 6) is 0.747. The number of hydrogen-bond donors (Lipinski definition) is 1. The van der Waals surface area contributed by atoms with Gasteiger partial charge in [-0.2, -0.15) is 0 Å². The fourth-order valence-corrected chi connectivity index (χ4v) is 1.05. The van der Waals surface area contributed by atoms with Crippen molar-refractivity contribution >= 4 is 5.91 Å². The second kappa shape index (κ2) is 13.9. The van der Waals surface area contributed by atoms with Crippen LogP contribution < -0.4 is 5.73 Å². The van der Waals surface area contributed by atoms with Crippen LogP contribution in [0.25, 0.3) is 0 Å². The Morgan fingerprint density at radius 2 is 1.67 bits per heavy atom. The molecule has 0 aromatic rings. The molecule has 0 aromatic carbocycles. The number of hydrogen-bond acceptors (Lipinski definition) is 3. The van der Waals surface area contributed by atoms with E-state index >= 15 is 0 Å². The first-order chi connectivity index (χ1) is 9.61. The number of carbonyl (C=O) groups excluding carboxylic acids is 1. The second-order valence-corrected chi connectivity index (χ2v) is 5.79. The molecule has 1 amide bonds. The van der Waals surface area contributed by atoms with E-state index in [4.69, 9.17) is 10.5 Å². The number of amides is 1. The summed E-state index contributed by atoms with van der Waals surface area (Å²) in [6, 6.07) is -0.478. The second-order valence-electron chi connectivity index (χ2n) is 5.79. The van der Waals surface area contributed by atoms with Gasteiger partial charge in [-0.15, -0.1) is 0 Å². The van der Waals surface area contributed by atoms with Gasteiger partial charge in [-0.05, 0) is 18.4 Å². The van der Waals surface area contributed by atoms with Crippen LogP contribution in [0.4, 0.5) is 0 Å². The summed E-state index contributed by atoms with van der Waals surface area (Å²) >= 11 is 0. The highest BCUT2D eigenvalue weighted by Gasteiger charge is 2.29. The van der Waals surface area contributed by atoms with Crippen LogP contribution in [-0.4, -0.2) is 37.6 Å². The van der Waals surface area contributed by atoms with Crippen molar-refractivity contribution < 1.29 is 9.53 Å². The van der Waals surface area contributed by atoms with Crippen LogP contribution in [0.1, 0.15) is 61.8 Å². The molecule has 4 heteroatoms. The molecule has 128 valence electrons. The highest BCUT2D eigenvalue weighted by atomic mass is 16.5. The summed E-state index contributed by atoms with van der Waals surface area (Å²) in [6.07, 6.45) is 3.10. The molecular weight excluding hydrogens is 264 g/mol. The summed E-state index contributed by atoms with van der Waals surface area (Å²) < 4.78 is 5.00. The molecule has 0 radical (unpaired) electrons. The minimum Gasteiger partial charge on any atom is -0.502 e. The average Bonchev–Trinajstić information content (AvgIpc) is 2.44. The predicted molar refractivity (Wildman–Crippen MR) is 93.1 cm³/mol. The third-order valence-electron chi connectivity index (χ3n) is 2.55. The summed E-state index contributed by atoms with van der Waals surface area (Å²) in [5.41, 5.74) is 5.67. The Bertz CT molecular complexity index is 281. The molecule has 0 aliphatic heterocycles. The monoisotopic (exact) mass is 302 g/mol. The first-order valence-corrected chi connectivity index (χ1v) is 7.83. The molecule has 2 N–H and O–H groups in total. The van der Waals surface area contributed by atoms with Crippen molar-refractivity contribution in [3.63, 3.8) is 0 Å². The Morgan fingerprint density at radius 1 is 1.29 bits per heavy atom. The Balaban J connectivity index is -0.000000569. The zero-order chi connectivity index (χ0) is 17.6. The van der Waals surface area contributed by atoms with E-state index in [0.29, 0.717) is 6.54 Å². The SMILES string of the molecule is CC.CCC.CO/C(C)=C/CN(C)C(=O)C(N)C(C)(C)C. The van der Waals surface area contributed by atoms with Crippen molar-refractivity contribution in [1.29, 1.82) is 0 Å². The summed E-state index contributed by atoms with van der Waals surface area (Å²) in [7, 11) is 3.35. The average molecular weight is 303 g/mol. The zero-order valence-corrected chi connectivity index (χ0v) is 15.9. The van der Waals surface area contributed by atoms with Crippen LogP contribution in [0, 0.1) is 5.41 Å². The maximum atomic E-state index is 11.9. The molecule has 4 nitrogen and oxygen atoms in total. The van der Waals surface area contributed by atoms with Gasteiger partial charge >= 0.3 is 0 Å². The molecule has 0 rings (SSSR count). The quantitative estimate of drug-likeness (QED) is 0.803. The maximum absolute atomic E-state index is 11.9. The van der Waals surface area contributed by atoms with Gasteiger partial charge in [-0.25, -0.2) is 0 Å². The molecule has 1 atom stereocenters. The number of likely N-dealkylation sites (N-methyl/N-ethyl adjacent to an activating group) is 1. The first kappa shape index (κ1) is 25.0. The number of nitrogens with zero attached hydrogens (tertiary/aromatic N) is 1. The van der Waals surface area contributed by atoms with E-state index in [1.54, 1.807) is 19.1 Å².